The van der Waals surface area contributed by atoms with Crippen molar-refractivity contribution in [2.45, 2.75) is 74.1 Å². The molecule has 0 aliphatic rings. The molecule has 22 heavy (non-hydrogen) atoms. The number of rotatable bonds is 8. The molecule has 126 valence electrons. The van der Waals surface area contributed by atoms with Crippen LogP contribution >= 0.6 is 0 Å². The fourth-order valence-corrected chi connectivity index (χ4v) is 2.26. The van der Waals surface area contributed by atoms with Gasteiger partial charge in [-0.15, -0.1) is 0 Å². The van der Waals surface area contributed by atoms with Crippen LogP contribution in [-0.2, 0) is 0 Å². The highest BCUT2D eigenvalue weighted by molar-refractivity contribution is 5.24. The van der Waals surface area contributed by atoms with Gasteiger partial charge in [0.2, 0.25) is 0 Å². The lowest BCUT2D eigenvalue weighted by Crippen LogP contribution is -2.26. The molecule has 0 N–H and O–H groups in total. The second-order valence-electron chi connectivity index (χ2n) is 7.18. The lowest BCUT2D eigenvalue weighted by molar-refractivity contribution is 0.354. The van der Waals surface area contributed by atoms with E-state index in [1.54, 1.807) is 0 Å². The van der Waals surface area contributed by atoms with Crippen LogP contribution in [0, 0.1) is 5.41 Å². The van der Waals surface area contributed by atoms with Gasteiger partial charge in [-0.1, -0.05) is 77.0 Å². The van der Waals surface area contributed by atoms with E-state index in [1.807, 2.05) is 0 Å². The Morgan fingerprint density at radius 2 is 1.73 bits per heavy atom. The SMILES string of the molecule is C=C(N(C)/C(C/C=C\C(C)=C/CCC)=C(\C)CC)C(C)(C)C. The van der Waals surface area contributed by atoms with Crippen LogP contribution in [0.25, 0.3) is 0 Å². The lowest BCUT2D eigenvalue weighted by atomic mass is 9.91. The van der Waals surface area contributed by atoms with Crippen LogP contribution in [0.3, 0.4) is 0 Å². The molecule has 0 aromatic heterocycles. The van der Waals surface area contributed by atoms with E-state index in [2.05, 4.69) is 85.2 Å². The van der Waals surface area contributed by atoms with Crippen LogP contribution in [-0.4, -0.2) is 11.9 Å². The molecule has 0 spiro atoms. The average Bonchev–Trinajstić information content (AvgIpc) is 2.46. The summed E-state index contributed by atoms with van der Waals surface area (Å²) in [5, 5.41) is 0. The first-order valence-corrected chi connectivity index (χ1v) is 8.60. The zero-order valence-electron chi connectivity index (χ0n) is 16.2. The van der Waals surface area contributed by atoms with Crippen LogP contribution in [0.4, 0.5) is 0 Å². The van der Waals surface area contributed by atoms with E-state index in [-0.39, 0.29) is 5.41 Å². The molecule has 0 saturated carbocycles. The zero-order chi connectivity index (χ0) is 17.3. The van der Waals surface area contributed by atoms with Crippen molar-refractivity contribution in [2.24, 2.45) is 5.41 Å². The topological polar surface area (TPSA) is 3.24 Å². The van der Waals surface area contributed by atoms with Gasteiger partial charge < -0.3 is 4.90 Å². The second-order valence-corrected chi connectivity index (χ2v) is 7.18. The summed E-state index contributed by atoms with van der Waals surface area (Å²) in [5.41, 5.74) is 5.43. The van der Waals surface area contributed by atoms with Crippen molar-refractivity contribution in [3.63, 3.8) is 0 Å². The van der Waals surface area contributed by atoms with Crippen LogP contribution in [0.5, 0.6) is 0 Å². The minimum atomic E-state index is 0.0919. The van der Waals surface area contributed by atoms with E-state index in [4.69, 9.17) is 0 Å². The van der Waals surface area contributed by atoms with E-state index in [1.165, 1.54) is 29.0 Å². The van der Waals surface area contributed by atoms with Crippen molar-refractivity contribution >= 4 is 0 Å². The Labute approximate surface area is 139 Å². The van der Waals surface area contributed by atoms with Crippen molar-refractivity contribution in [3.05, 3.63) is 47.3 Å². The maximum atomic E-state index is 4.30. The molecule has 0 amide bonds. The van der Waals surface area contributed by atoms with Gasteiger partial charge in [0.15, 0.2) is 0 Å². The summed E-state index contributed by atoms with van der Waals surface area (Å²) >= 11 is 0. The molecule has 0 aliphatic heterocycles. The first kappa shape index (κ1) is 20.8. The van der Waals surface area contributed by atoms with Gasteiger partial charge >= 0.3 is 0 Å². The molecule has 0 rings (SSSR count). The summed E-state index contributed by atoms with van der Waals surface area (Å²) in [6.45, 7) is 19.8. The molecule has 0 saturated heterocycles. The molecule has 0 heterocycles. The van der Waals surface area contributed by atoms with Crippen LogP contribution in [0.1, 0.15) is 74.1 Å². The first-order valence-electron chi connectivity index (χ1n) is 8.60. The highest BCUT2D eigenvalue weighted by atomic mass is 15.1. The lowest BCUT2D eigenvalue weighted by Gasteiger charge is -2.34. The highest BCUT2D eigenvalue weighted by Gasteiger charge is 2.21. The van der Waals surface area contributed by atoms with Gasteiger partial charge in [-0.2, -0.15) is 0 Å². The first-order chi connectivity index (χ1) is 10.1. The van der Waals surface area contributed by atoms with Gasteiger partial charge in [-0.25, -0.2) is 0 Å². The molecular formula is C21H37N. The fraction of sp³-hybridized carbons (Fsp3) is 0.619. The Balaban J connectivity index is 5.13. The third-order valence-corrected chi connectivity index (χ3v) is 4.15. The van der Waals surface area contributed by atoms with Crippen LogP contribution in [0.15, 0.2) is 47.3 Å². The summed E-state index contributed by atoms with van der Waals surface area (Å²) in [4.78, 5) is 2.29. The monoisotopic (exact) mass is 303 g/mol. The van der Waals surface area contributed by atoms with Crippen LogP contribution in [0.2, 0.25) is 0 Å². The van der Waals surface area contributed by atoms with E-state index >= 15 is 0 Å². The standard InChI is InChI=1S/C21H37N/c1-10-12-14-17(3)15-13-16-20(18(4)11-2)22(9)19(5)21(6,7)8/h13-15H,5,10-12,16H2,1-4,6-9H3/b15-13-,17-14-,20-18+. The fourth-order valence-electron chi connectivity index (χ4n) is 2.26. The summed E-state index contributed by atoms with van der Waals surface area (Å²) in [6.07, 6.45) is 11.2. The minimum absolute atomic E-state index is 0.0919. The molecule has 1 nitrogen and oxygen atoms in total. The van der Waals surface area contributed by atoms with Crippen molar-refractivity contribution in [3.8, 4) is 0 Å². The van der Waals surface area contributed by atoms with Crippen molar-refractivity contribution in [1.82, 2.24) is 4.90 Å². The van der Waals surface area contributed by atoms with Gasteiger partial charge in [-0.05, 0) is 26.7 Å². The smallest absolute Gasteiger partial charge is 0.0200 e. The van der Waals surface area contributed by atoms with E-state index < -0.39 is 0 Å². The summed E-state index contributed by atoms with van der Waals surface area (Å²) in [6, 6.07) is 0. The molecule has 1 heteroatoms. The number of unbranched alkanes of at least 4 members (excludes halogenated alkanes) is 1. The Morgan fingerprint density at radius 3 is 2.18 bits per heavy atom. The number of nitrogens with zero attached hydrogens (tertiary/aromatic N) is 1. The maximum Gasteiger partial charge on any atom is 0.0200 e. The predicted octanol–water partition coefficient (Wildman–Crippen LogP) is 6.85. The molecule has 0 aromatic rings. The number of hydrogen-bond acceptors (Lipinski definition) is 1. The van der Waals surface area contributed by atoms with Gasteiger partial charge in [0.1, 0.15) is 0 Å². The van der Waals surface area contributed by atoms with E-state index in [9.17, 15) is 0 Å². The van der Waals surface area contributed by atoms with Crippen molar-refractivity contribution in [2.75, 3.05) is 7.05 Å². The number of allylic oxidation sites excluding steroid dienone is 6. The van der Waals surface area contributed by atoms with E-state index in [0.29, 0.717) is 0 Å². The number of hydrogen-bond donors (Lipinski definition) is 0. The largest absolute Gasteiger partial charge is 0.351 e. The quantitative estimate of drug-likeness (QED) is 0.443. The Morgan fingerprint density at radius 1 is 1.14 bits per heavy atom. The molecule has 0 radical (unpaired) electrons. The molecular weight excluding hydrogens is 266 g/mol. The Bertz CT molecular complexity index is 441. The van der Waals surface area contributed by atoms with Crippen LogP contribution < -0.4 is 0 Å². The molecule has 0 unspecified atom stereocenters. The third-order valence-electron chi connectivity index (χ3n) is 4.15. The minimum Gasteiger partial charge on any atom is -0.351 e. The van der Waals surface area contributed by atoms with E-state index in [0.717, 1.165) is 19.3 Å². The van der Waals surface area contributed by atoms with Gasteiger partial charge in [0.25, 0.3) is 0 Å². The van der Waals surface area contributed by atoms with Crippen molar-refractivity contribution in [1.29, 1.82) is 0 Å². The zero-order valence-corrected chi connectivity index (χ0v) is 16.2. The summed E-state index contributed by atoms with van der Waals surface area (Å²) in [7, 11) is 2.15. The maximum absolute atomic E-state index is 4.30. The third kappa shape index (κ3) is 7.15. The molecule has 0 aliphatic carbocycles. The van der Waals surface area contributed by atoms with Gasteiger partial charge in [0.05, 0.1) is 0 Å². The second kappa shape index (κ2) is 9.71. The Hall–Kier alpha value is -1.24. The molecule has 0 bridgehead atoms. The van der Waals surface area contributed by atoms with Crippen molar-refractivity contribution < 1.29 is 0 Å². The normalized spacial score (nSPS) is 14.3. The average molecular weight is 304 g/mol. The molecule has 0 aromatic carbocycles. The summed E-state index contributed by atoms with van der Waals surface area (Å²) in [5.74, 6) is 0. The predicted molar refractivity (Wildman–Crippen MR) is 102 cm³/mol. The van der Waals surface area contributed by atoms with Gasteiger partial charge in [0, 0.05) is 30.3 Å². The molecule has 0 fully saturated rings. The van der Waals surface area contributed by atoms with Gasteiger partial charge in [-0.3, -0.25) is 0 Å². The highest BCUT2D eigenvalue weighted by Crippen LogP contribution is 2.30. The summed E-state index contributed by atoms with van der Waals surface area (Å²) < 4.78 is 0. The Kier molecular flexibility index (Phi) is 9.16. The molecule has 0 atom stereocenters.